The van der Waals surface area contributed by atoms with Crippen LogP contribution in [0, 0.1) is 5.82 Å². The quantitative estimate of drug-likeness (QED) is 0.200. The van der Waals surface area contributed by atoms with E-state index in [1.54, 1.807) is 79.0 Å². The lowest BCUT2D eigenvalue weighted by atomic mass is 10.0. The van der Waals surface area contributed by atoms with E-state index >= 15 is 0 Å². The molecule has 5 rings (SSSR count). The zero-order valence-corrected chi connectivity index (χ0v) is 20.2. The first-order valence-corrected chi connectivity index (χ1v) is 11.9. The molecule has 38 heavy (non-hydrogen) atoms. The molecule has 1 amide bonds. The van der Waals surface area contributed by atoms with Gasteiger partial charge in [-0.3, -0.25) is 9.78 Å². The highest BCUT2D eigenvalue weighted by Gasteiger charge is 2.13. The second-order valence-electron chi connectivity index (χ2n) is 8.52. The number of aliphatic hydroxyl groups excluding tert-OH is 2. The maximum absolute atomic E-state index is 13.2. The number of hydrogen-bond donors (Lipinski definition) is 4. The van der Waals surface area contributed by atoms with E-state index in [9.17, 15) is 19.4 Å². The van der Waals surface area contributed by atoms with Crippen LogP contribution in [0.4, 0.5) is 21.5 Å². The number of carbonyl (C=O) groups excluding carboxylic acids is 1. The van der Waals surface area contributed by atoms with Gasteiger partial charge in [0.2, 0.25) is 0 Å². The third-order valence-corrected chi connectivity index (χ3v) is 6.00. The van der Waals surface area contributed by atoms with Crippen LogP contribution in [-0.2, 0) is 13.2 Å². The Morgan fingerprint density at radius 1 is 0.842 bits per heavy atom. The molecule has 0 spiro atoms. The second kappa shape index (κ2) is 11.1. The minimum atomic E-state index is -0.336. The van der Waals surface area contributed by atoms with E-state index in [4.69, 9.17) is 4.74 Å². The normalized spacial score (nSPS) is 10.8. The average Bonchev–Trinajstić information content (AvgIpc) is 2.95. The van der Waals surface area contributed by atoms with E-state index in [-0.39, 0.29) is 24.9 Å². The van der Waals surface area contributed by atoms with Gasteiger partial charge in [0.05, 0.1) is 30.0 Å². The van der Waals surface area contributed by atoms with Crippen LogP contribution in [0.1, 0.15) is 21.5 Å². The highest BCUT2D eigenvalue weighted by atomic mass is 19.1. The lowest BCUT2D eigenvalue weighted by Crippen LogP contribution is -2.13. The fourth-order valence-electron chi connectivity index (χ4n) is 4.05. The van der Waals surface area contributed by atoms with Crippen molar-refractivity contribution < 1.29 is 24.1 Å². The van der Waals surface area contributed by atoms with Gasteiger partial charge in [-0.05, 0) is 90.0 Å². The Balaban J connectivity index is 1.31. The van der Waals surface area contributed by atoms with Crippen LogP contribution in [0.25, 0.3) is 10.9 Å². The molecule has 1 aromatic heterocycles. The number of anilines is 3. The highest BCUT2D eigenvalue weighted by molar-refractivity contribution is 6.08. The standard InChI is InChI=1S/C30H24FN3O4/c31-21-5-7-22(8-6-21)33-27-4-2-1-3-25(27)30(37)34-23-9-11-24(12-10-23)38-29-13-14-32-28-16-20(18-36)19(17-35)15-26(28)29/h1-16,33,35-36H,17-18H2,(H,34,37). The molecular formula is C30H24FN3O4. The van der Waals surface area contributed by atoms with E-state index in [0.29, 0.717) is 56.2 Å². The number of aliphatic hydroxyl groups is 2. The summed E-state index contributed by atoms with van der Waals surface area (Å²) in [7, 11) is 0. The van der Waals surface area contributed by atoms with Crippen LogP contribution in [0.15, 0.2) is 97.2 Å². The molecule has 0 fully saturated rings. The summed E-state index contributed by atoms with van der Waals surface area (Å²) in [5, 5.41) is 25.9. The predicted octanol–water partition coefficient (Wildman–Crippen LogP) is 6.15. The van der Waals surface area contributed by atoms with Crippen LogP contribution in [-0.4, -0.2) is 21.1 Å². The number of hydrogen-bond acceptors (Lipinski definition) is 6. The Morgan fingerprint density at radius 2 is 1.53 bits per heavy atom. The first-order valence-electron chi connectivity index (χ1n) is 11.9. The molecule has 4 N–H and O–H groups in total. The number of carbonyl (C=O) groups is 1. The Kier molecular flexibility index (Phi) is 7.26. The maximum Gasteiger partial charge on any atom is 0.257 e. The van der Waals surface area contributed by atoms with E-state index < -0.39 is 0 Å². The molecular weight excluding hydrogens is 485 g/mol. The average molecular weight is 510 g/mol. The highest BCUT2D eigenvalue weighted by Crippen LogP contribution is 2.32. The summed E-state index contributed by atoms with van der Waals surface area (Å²) in [4.78, 5) is 17.4. The fraction of sp³-hybridized carbons (Fsp3) is 0.0667. The number of fused-ring (bicyclic) bond motifs is 1. The number of aromatic nitrogens is 1. The third kappa shape index (κ3) is 5.46. The van der Waals surface area contributed by atoms with Gasteiger partial charge in [0.15, 0.2) is 0 Å². The molecule has 0 saturated carbocycles. The minimum Gasteiger partial charge on any atom is -0.457 e. The zero-order chi connectivity index (χ0) is 26.5. The van der Waals surface area contributed by atoms with Gasteiger partial charge in [0.1, 0.15) is 17.3 Å². The van der Waals surface area contributed by atoms with Crippen LogP contribution < -0.4 is 15.4 Å². The molecule has 1 heterocycles. The van der Waals surface area contributed by atoms with Gasteiger partial charge in [-0.15, -0.1) is 0 Å². The summed E-state index contributed by atoms with van der Waals surface area (Å²) in [6, 6.07) is 25.1. The molecule has 7 nitrogen and oxygen atoms in total. The maximum atomic E-state index is 13.2. The topological polar surface area (TPSA) is 104 Å². The van der Waals surface area contributed by atoms with Crippen LogP contribution in [0.2, 0.25) is 0 Å². The Bertz CT molecular complexity index is 1590. The number of benzene rings is 4. The van der Waals surface area contributed by atoms with Crippen molar-refractivity contribution in [1.29, 1.82) is 0 Å². The molecule has 0 radical (unpaired) electrons. The van der Waals surface area contributed by atoms with Crippen molar-refractivity contribution in [1.82, 2.24) is 4.98 Å². The monoisotopic (exact) mass is 509 g/mol. The summed E-state index contributed by atoms with van der Waals surface area (Å²) < 4.78 is 19.3. The molecule has 0 unspecified atom stereocenters. The molecule has 0 aliphatic heterocycles. The Hall–Kier alpha value is -4.79. The molecule has 5 aromatic rings. The summed E-state index contributed by atoms with van der Waals surface area (Å²) in [6.07, 6.45) is 1.61. The number of halogens is 1. The zero-order valence-electron chi connectivity index (χ0n) is 20.2. The smallest absolute Gasteiger partial charge is 0.257 e. The van der Waals surface area contributed by atoms with Gasteiger partial charge in [0, 0.05) is 23.0 Å². The molecule has 0 atom stereocenters. The van der Waals surface area contributed by atoms with Crippen molar-refractivity contribution in [2.45, 2.75) is 13.2 Å². The molecule has 0 aliphatic carbocycles. The molecule has 8 heteroatoms. The van der Waals surface area contributed by atoms with Gasteiger partial charge in [-0.2, -0.15) is 0 Å². The third-order valence-electron chi connectivity index (χ3n) is 6.00. The fourth-order valence-corrected chi connectivity index (χ4v) is 4.05. The van der Waals surface area contributed by atoms with Crippen molar-refractivity contribution >= 4 is 33.9 Å². The lowest BCUT2D eigenvalue weighted by molar-refractivity contribution is 0.102. The van der Waals surface area contributed by atoms with Crippen molar-refractivity contribution in [3.8, 4) is 11.5 Å². The molecule has 0 bridgehead atoms. The van der Waals surface area contributed by atoms with Gasteiger partial charge < -0.3 is 25.6 Å². The predicted molar refractivity (Wildman–Crippen MR) is 144 cm³/mol. The van der Waals surface area contributed by atoms with Gasteiger partial charge in [-0.1, -0.05) is 12.1 Å². The lowest BCUT2D eigenvalue weighted by Gasteiger charge is -2.13. The van der Waals surface area contributed by atoms with E-state index in [1.807, 2.05) is 6.07 Å². The number of ether oxygens (including phenoxy) is 1. The number of pyridine rings is 1. The minimum absolute atomic E-state index is 0.196. The molecule has 4 aromatic carbocycles. The summed E-state index contributed by atoms with van der Waals surface area (Å²) in [5.74, 6) is 0.453. The Labute approximate surface area is 218 Å². The first-order chi connectivity index (χ1) is 18.5. The first kappa shape index (κ1) is 24.9. The Morgan fingerprint density at radius 3 is 2.26 bits per heavy atom. The second-order valence-corrected chi connectivity index (χ2v) is 8.52. The number of nitrogens with zero attached hydrogens (tertiary/aromatic N) is 1. The molecule has 0 saturated heterocycles. The van der Waals surface area contributed by atoms with Crippen LogP contribution in [0.5, 0.6) is 11.5 Å². The summed E-state index contributed by atoms with van der Waals surface area (Å²) >= 11 is 0. The van der Waals surface area contributed by atoms with Gasteiger partial charge in [-0.25, -0.2) is 4.39 Å². The molecule has 0 aliphatic rings. The van der Waals surface area contributed by atoms with E-state index in [0.717, 1.165) is 0 Å². The van der Waals surface area contributed by atoms with Crippen molar-refractivity contribution in [3.05, 3.63) is 120 Å². The van der Waals surface area contributed by atoms with Gasteiger partial charge in [0.25, 0.3) is 5.91 Å². The van der Waals surface area contributed by atoms with Crippen LogP contribution in [0.3, 0.4) is 0 Å². The number of rotatable bonds is 8. The van der Waals surface area contributed by atoms with E-state index in [2.05, 4.69) is 15.6 Å². The number of para-hydroxylation sites is 1. The van der Waals surface area contributed by atoms with Gasteiger partial charge >= 0.3 is 0 Å². The summed E-state index contributed by atoms with van der Waals surface area (Å²) in [6.45, 7) is -0.407. The van der Waals surface area contributed by atoms with Crippen molar-refractivity contribution in [2.75, 3.05) is 10.6 Å². The van der Waals surface area contributed by atoms with Crippen molar-refractivity contribution in [3.63, 3.8) is 0 Å². The van der Waals surface area contributed by atoms with E-state index in [1.165, 1.54) is 12.1 Å². The number of nitrogens with one attached hydrogen (secondary N) is 2. The van der Waals surface area contributed by atoms with Crippen LogP contribution >= 0.6 is 0 Å². The largest absolute Gasteiger partial charge is 0.457 e. The summed E-state index contributed by atoms with van der Waals surface area (Å²) in [5.41, 5.74) is 4.11. The van der Waals surface area contributed by atoms with Crippen molar-refractivity contribution in [2.24, 2.45) is 0 Å². The number of amides is 1. The SMILES string of the molecule is O=C(Nc1ccc(Oc2ccnc3cc(CO)c(CO)cc23)cc1)c1ccccc1Nc1ccc(F)cc1. The molecule has 190 valence electrons.